The Morgan fingerprint density at radius 1 is 1.17 bits per heavy atom. The first kappa shape index (κ1) is 20.1. The number of nitrogens with zero attached hydrogens (tertiary/aromatic N) is 6. The fourth-order valence-corrected chi connectivity index (χ4v) is 4.02. The first-order valence-electron chi connectivity index (χ1n) is 10.4. The summed E-state index contributed by atoms with van der Waals surface area (Å²) in [4.78, 5) is 26.6. The van der Waals surface area contributed by atoms with Gasteiger partial charge < -0.3 is 9.80 Å². The molecule has 1 aromatic carbocycles. The molecular formula is C23H28N6O. The maximum atomic E-state index is 13.3. The van der Waals surface area contributed by atoms with Gasteiger partial charge in [0.1, 0.15) is 0 Å². The first-order chi connectivity index (χ1) is 14.5. The quantitative estimate of drug-likeness (QED) is 0.653. The molecular weight excluding hydrogens is 376 g/mol. The lowest BCUT2D eigenvalue weighted by Crippen LogP contribution is -2.40. The maximum absolute atomic E-state index is 13.3. The summed E-state index contributed by atoms with van der Waals surface area (Å²) in [5, 5.41) is 4.32. The molecule has 0 N–H and O–H groups in total. The molecule has 0 aliphatic carbocycles. The number of hydrogen-bond donors (Lipinski definition) is 0. The molecule has 3 heterocycles. The van der Waals surface area contributed by atoms with Crippen LogP contribution < -0.4 is 4.90 Å². The van der Waals surface area contributed by atoms with E-state index in [0.717, 1.165) is 48.2 Å². The van der Waals surface area contributed by atoms with Crippen LogP contribution in [0.25, 0.3) is 11.1 Å². The highest BCUT2D eigenvalue weighted by Gasteiger charge is 2.31. The summed E-state index contributed by atoms with van der Waals surface area (Å²) < 4.78 is 1.78. The van der Waals surface area contributed by atoms with Gasteiger partial charge in [0.15, 0.2) is 0 Å². The fraction of sp³-hybridized carbons (Fsp3) is 0.391. The van der Waals surface area contributed by atoms with Crippen LogP contribution in [0, 0.1) is 0 Å². The van der Waals surface area contributed by atoms with E-state index in [1.807, 2.05) is 79.9 Å². The summed E-state index contributed by atoms with van der Waals surface area (Å²) in [6.45, 7) is 0.754. The summed E-state index contributed by atoms with van der Waals surface area (Å²) in [7, 11) is 5.76. The van der Waals surface area contributed by atoms with Crippen molar-refractivity contribution in [3.63, 3.8) is 0 Å². The van der Waals surface area contributed by atoms with Gasteiger partial charge in [0.25, 0.3) is 0 Å². The summed E-state index contributed by atoms with van der Waals surface area (Å²) in [5.41, 5.74) is 3.86. The van der Waals surface area contributed by atoms with Gasteiger partial charge in [-0.2, -0.15) is 5.10 Å². The fourth-order valence-electron chi connectivity index (χ4n) is 4.02. The summed E-state index contributed by atoms with van der Waals surface area (Å²) >= 11 is 0. The van der Waals surface area contributed by atoms with Gasteiger partial charge in [-0.3, -0.25) is 9.48 Å². The highest BCUT2D eigenvalue weighted by Crippen LogP contribution is 2.36. The minimum absolute atomic E-state index is 0.0631. The van der Waals surface area contributed by atoms with Gasteiger partial charge in [-0.25, -0.2) is 9.97 Å². The van der Waals surface area contributed by atoms with Crippen molar-refractivity contribution in [2.75, 3.05) is 25.5 Å². The average Bonchev–Trinajstić information content (AvgIpc) is 3.20. The van der Waals surface area contributed by atoms with Crippen molar-refractivity contribution in [1.29, 1.82) is 0 Å². The van der Waals surface area contributed by atoms with E-state index in [1.54, 1.807) is 4.68 Å². The molecule has 0 unspecified atom stereocenters. The van der Waals surface area contributed by atoms with Crippen LogP contribution in [0.1, 0.15) is 36.6 Å². The Morgan fingerprint density at radius 2 is 1.97 bits per heavy atom. The number of aryl methyl sites for hydroxylation is 1. The van der Waals surface area contributed by atoms with Crippen molar-refractivity contribution in [1.82, 2.24) is 24.6 Å². The number of aromatic nitrogens is 4. The number of piperidine rings is 1. The number of rotatable bonds is 5. The Hall–Kier alpha value is -3.22. The second kappa shape index (κ2) is 8.65. The molecule has 1 fully saturated rings. The second-order valence-corrected chi connectivity index (χ2v) is 8.03. The number of likely N-dealkylation sites (tertiary alicyclic amines) is 1. The van der Waals surface area contributed by atoms with Gasteiger partial charge >= 0.3 is 0 Å². The van der Waals surface area contributed by atoms with Gasteiger partial charge in [-0.1, -0.05) is 30.3 Å². The zero-order chi connectivity index (χ0) is 21.1. The molecule has 0 bridgehead atoms. The highest BCUT2D eigenvalue weighted by atomic mass is 16.2. The van der Waals surface area contributed by atoms with Crippen molar-refractivity contribution in [3.8, 4) is 11.1 Å². The van der Waals surface area contributed by atoms with E-state index in [4.69, 9.17) is 4.98 Å². The summed E-state index contributed by atoms with van der Waals surface area (Å²) in [6, 6.07) is 9.88. The SMILES string of the molecule is CN(C)c1ncc(-c2cnn(C)c2)c([C@H]2CCCCN2C(=O)Cc2ccccc2)n1. The second-order valence-electron chi connectivity index (χ2n) is 8.03. The van der Waals surface area contributed by atoms with Crippen LogP contribution in [-0.4, -0.2) is 51.2 Å². The van der Waals surface area contributed by atoms with Crippen LogP contribution >= 0.6 is 0 Å². The number of carbonyl (C=O) groups excluding carboxylic acids is 1. The number of hydrogen-bond acceptors (Lipinski definition) is 5. The third-order valence-corrected chi connectivity index (χ3v) is 5.56. The molecule has 0 spiro atoms. The molecule has 1 saturated heterocycles. The number of benzene rings is 1. The maximum Gasteiger partial charge on any atom is 0.227 e. The van der Waals surface area contributed by atoms with E-state index in [-0.39, 0.29) is 11.9 Å². The Kier molecular flexibility index (Phi) is 5.79. The molecule has 1 atom stereocenters. The van der Waals surface area contributed by atoms with Crippen molar-refractivity contribution in [2.24, 2.45) is 7.05 Å². The number of anilines is 1. The summed E-state index contributed by atoms with van der Waals surface area (Å²) in [6.07, 6.45) is 9.07. The van der Waals surface area contributed by atoms with Crippen molar-refractivity contribution >= 4 is 11.9 Å². The zero-order valence-corrected chi connectivity index (χ0v) is 17.8. The van der Waals surface area contributed by atoms with E-state index in [1.165, 1.54) is 0 Å². The average molecular weight is 405 g/mol. The lowest BCUT2D eigenvalue weighted by Gasteiger charge is -2.36. The van der Waals surface area contributed by atoms with E-state index in [9.17, 15) is 4.79 Å². The predicted octanol–water partition coefficient (Wildman–Crippen LogP) is 3.24. The molecule has 0 radical (unpaired) electrons. The molecule has 2 aromatic heterocycles. The minimum Gasteiger partial charge on any atom is -0.347 e. The van der Waals surface area contributed by atoms with Crippen LogP contribution in [0.15, 0.2) is 48.9 Å². The molecule has 0 saturated carbocycles. The van der Waals surface area contributed by atoms with Gasteiger partial charge in [0.2, 0.25) is 11.9 Å². The third-order valence-electron chi connectivity index (χ3n) is 5.56. The van der Waals surface area contributed by atoms with E-state index < -0.39 is 0 Å². The molecule has 7 nitrogen and oxygen atoms in total. The van der Waals surface area contributed by atoms with Gasteiger partial charge in [0.05, 0.1) is 24.4 Å². The monoisotopic (exact) mass is 404 g/mol. The van der Waals surface area contributed by atoms with Crippen molar-refractivity contribution in [3.05, 3.63) is 60.2 Å². The first-order valence-corrected chi connectivity index (χ1v) is 10.4. The number of carbonyl (C=O) groups is 1. The Labute approximate surface area is 177 Å². The van der Waals surface area contributed by atoms with Crippen LogP contribution in [0.4, 0.5) is 5.95 Å². The standard InChI is InChI=1S/C23H28N6O/c1-27(2)23-24-15-19(18-14-25-28(3)16-18)22(26-23)20-11-7-8-12-29(20)21(30)13-17-9-5-4-6-10-17/h4-6,9-10,14-16,20H,7-8,11-13H2,1-3H3/t20-/m1/s1. The summed E-state index contributed by atoms with van der Waals surface area (Å²) in [5.74, 6) is 0.798. The topological polar surface area (TPSA) is 67.2 Å². The largest absolute Gasteiger partial charge is 0.347 e. The Bertz CT molecular complexity index is 1010. The zero-order valence-electron chi connectivity index (χ0n) is 17.8. The van der Waals surface area contributed by atoms with E-state index in [0.29, 0.717) is 12.4 Å². The molecule has 1 amide bonds. The molecule has 30 heavy (non-hydrogen) atoms. The van der Waals surface area contributed by atoms with Crippen LogP contribution in [0.2, 0.25) is 0 Å². The molecule has 3 aromatic rings. The number of amides is 1. The van der Waals surface area contributed by atoms with Crippen LogP contribution in [-0.2, 0) is 18.3 Å². The van der Waals surface area contributed by atoms with Crippen LogP contribution in [0.3, 0.4) is 0 Å². The van der Waals surface area contributed by atoms with Gasteiger partial charge in [0, 0.05) is 51.2 Å². The molecule has 7 heteroatoms. The Balaban J connectivity index is 1.72. The highest BCUT2D eigenvalue weighted by molar-refractivity contribution is 5.80. The molecule has 1 aliphatic heterocycles. The van der Waals surface area contributed by atoms with E-state index in [2.05, 4.69) is 10.1 Å². The lowest BCUT2D eigenvalue weighted by molar-refractivity contribution is -0.134. The predicted molar refractivity (Wildman–Crippen MR) is 117 cm³/mol. The van der Waals surface area contributed by atoms with Crippen LogP contribution in [0.5, 0.6) is 0 Å². The normalized spacial score (nSPS) is 16.5. The molecule has 1 aliphatic rings. The van der Waals surface area contributed by atoms with E-state index >= 15 is 0 Å². The van der Waals surface area contributed by atoms with Gasteiger partial charge in [-0.05, 0) is 24.8 Å². The van der Waals surface area contributed by atoms with Crippen molar-refractivity contribution < 1.29 is 4.79 Å². The Morgan fingerprint density at radius 3 is 2.67 bits per heavy atom. The smallest absolute Gasteiger partial charge is 0.227 e. The van der Waals surface area contributed by atoms with Gasteiger partial charge in [-0.15, -0.1) is 0 Å². The third kappa shape index (κ3) is 4.20. The molecule has 156 valence electrons. The van der Waals surface area contributed by atoms with Crippen molar-refractivity contribution in [2.45, 2.75) is 31.7 Å². The lowest BCUT2D eigenvalue weighted by atomic mass is 9.94. The molecule has 4 rings (SSSR count). The minimum atomic E-state index is -0.0631.